The lowest BCUT2D eigenvalue weighted by molar-refractivity contribution is 0.306. The van der Waals surface area contributed by atoms with E-state index in [0.717, 1.165) is 25.7 Å². The lowest BCUT2D eigenvalue weighted by Crippen LogP contribution is -2.59. The van der Waals surface area contributed by atoms with Crippen LogP contribution < -0.4 is 15.2 Å². The molecule has 0 amide bonds. The van der Waals surface area contributed by atoms with Gasteiger partial charge < -0.3 is 10.9 Å². The summed E-state index contributed by atoms with van der Waals surface area (Å²) >= 11 is 0. The summed E-state index contributed by atoms with van der Waals surface area (Å²) in [7, 11) is -2.30. The third kappa shape index (κ3) is 3.55. The maximum Gasteiger partial charge on any atom is 0.277 e. The molecular formula is C9H20N4O3S. The standard InChI is InChI=1S/C9H20N4O3S/c1-11-17(15,16)13-9(8(10)12-14)6-4-2-3-5-7-9/h11,13-14H,2-7H2,1H3,(H2,10,12). The van der Waals surface area contributed by atoms with Gasteiger partial charge in [0.2, 0.25) is 0 Å². The lowest BCUT2D eigenvalue weighted by Gasteiger charge is -2.31. The fraction of sp³-hybridized carbons (Fsp3) is 0.889. The van der Waals surface area contributed by atoms with E-state index >= 15 is 0 Å². The van der Waals surface area contributed by atoms with Crippen molar-refractivity contribution in [3.63, 3.8) is 0 Å². The van der Waals surface area contributed by atoms with E-state index in [0.29, 0.717) is 12.8 Å². The molecule has 1 saturated carbocycles. The summed E-state index contributed by atoms with van der Waals surface area (Å²) in [5.41, 5.74) is 4.69. The number of hydrogen-bond acceptors (Lipinski definition) is 4. The molecular weight excluding hydrogens is 244 g/mol. The zero-order valence-corrected chi connectivity index (χ0v) is 10.8. The fourth-order valence-corrected chi connectivity index (χ4v) is 3.07. The molecule has 0 unspecified atom stereocenters. The first-order chi connectivity index (χ1) is 7.96. The van der Waals surface area contributed by atoms with E-state index in [-0.39, 0.29) is 5.84 Å². The van der Waals surface area contributed by atoms with Crippen LogP contribution in [-0.2, 0) is 10.2 Å². The molecule has 0 atom stereocenters. The van der Waals surface area contributed by atoms with Crippen molar-refractivity contribution in [1.29, 1.82) is 0 Å². The second-order valence-electron chi connectivity index (χ2n) is 4.29. The SMILES string of the molecule is CNS(=O)(=O)NC1(C(N)=NO)CCCCCC1. The predicted molar refractivity (Wildman–Crippen MR) is 65.0 cm³/mol. The van der Waals surface area contributed by atoms with Crippen LogP contribution in [0.15, 0.2) is 5.16 Å². The van der Waals surface area contributed by atoms with Gasteiger partial charge >= 0.3 is 0 Å². The Bertz CT molecular complexity index is 372. The Kier molecular flexibility index (Phi) is 4.72. The fourth-order valence-electron chi connectivity index (χ4n) is 2.15. The van der Waals surface area contributed by atoms with Crippen LogP contribution >= 0.6 is 0 Å². The maximum atomic E-state index is 11.6. The Morgan fingerprint density at radius 2 is 1.82 bits per heavy atom. The summed E-state index contributed by atoms with van der Waals surface area (Å²) in [6.45, 7) is 0. The van der Waals surface area contributed by atoms with Crippen LogP contribution in [0, 0.1) is 0 Å². The average Bonchev–Trinajstić information content (AvgIpc) is 2.54. The molecule has 1 aliphatic carbocycles. The molecule has 17 heavy (non-hydrogen) atoms. The van der Waals surface area contributed by atoms with E-state index in [1.54, 1.807) is 0 Å². The topological polar surface area (TPSA) is 117 Å². The van der Waals surface area contributed by atoms with Crippen molar-refractivity contribution in [2.75, 3.05) is 7.05 Å². The number of hydrogen-bond donors (Lipinski definition) is 4. The molecule has 0 aliphatic heterocycles. The highest BCUT2D eigenvalue weighted by molar-refractivity contribution is 7.87. The van der Waals surface area contributed by atoms with E-state index in [4.69, 9.17) is 10.9 Å². The largest absolute Gasteiger partial charge is 0.409 e. The van der Waals surface area contributed by atoms with Crippen LogP contribution in [0.2, 0.25) is 0 Å². The van der Waals surface area contributed by atoms with Crippen molar-refractivity contribution in [3.8, 4) is 0 Å². The molecule has 1 rings (SSSR count). The van der Waals surface area contributed by atoms with Gasteiger partial charge in [0, 0.05) is 7.05 Å². The molecule has 1 fully saturated rings. The van der Waals surface area contributed by atoms with Crippen molar-refractivity contribution in [2.24, 2.45) is 10.9 Å². The molecule has 0 aromatic rings. The van der Waals surface area contributed by atoms with Crippen LogP contribution in [0.5, 0.6) is 0 Å². The monoisotopic (exact) mass is 264 g/mol. The Balaban J connectivity index is 3.01. The molecule has 100 valence electrons. The van der Waals surface area contributed by atoms with Crippen LogP contribution in [0.3, 0.4) is 0 Å². The summed E-state index contributed by atoms with van der Waals surface area (Å²) in [5, 5.41) is 11.8. The molecule has 0 aromatic carbocycles. The summed E-state index contributed by atoms with van der Waals surface area (Å²) in [6.07, 6.45) is 4.85. The molecule has 1 aliphatic rings. The van der Waals surface area contributed by atoms with Gasteiger partial charge in [-0.15, -0.1) is 0 Å². The van der Waals surface area contributed by atoms with Gasteiger partial charge in [0.05, 0.1) is 5.54 Å². The van der Waals surface area contributed by atoms with E-state index < -0.39 is 15.7 Å². The average molecular weight is 264 g/mol. The van der Waals surface area contributed by atoms with Crippen molar-refractivity contribution < 1.29 is 13.6 Å². The first-order valence-corrected chi connectivity index (χ1v) is 7.14. The summed E-state index contributed by atoms with van der Waals surface area (Å²) in [4.78, 5) is 0. The van der Waals surface area contributed by atoms with Crippen molar-refractivity contribution >= 4 is 16.0 Å². The minimum Gasteiger partial charge on any atom is -0.409 e. The third-order valence-corrected chi connectivity index (χ3v) is 4.35. The number of rotatable bonds is 4. The van der Waals surface area contributed by atoms with Crippen LogP contribution in [0.1, 0.15) is 38.5 Å². The number of amidine groups is 1. The highest BCUT2D eigenvalue weighted by Crippen LogP contribution is 2.28. The Labute approximate surface area is 102 Å². The Morgan fingerprint density at radius 1 is 1.29 bits per heavy atom. The molecule has 0 radical (unpaired) electrons. The number of oxime groups is 1. The Morgan fingerprint density at radius 3 is 2.24 bits per heavy atom. The summed E-state index contributed by atoms with van der Waals surface area (Å²) < 4.78 is 27.9. The number of nitrogens with two attached hydrogens (primary N) is 1. The number of nitrogens with zero attached hydrogens (tertiary/aromatic N) is 1. The smallest absolute Gasteiger partial charge is 0.277 e. The minimum absolute atomic E-state index is 0.0711. The van der Waals surface area contributed by atoms with Gasteiger partial charge in [0.1, 0.15) is 0 Å². The maximum absolute atomic E-state index is 11.6. The second-order valence-corrected chi connectivity index (χ2v) is 5.91. The van der Waals surface area contributed by atoms with Gasteiger partial charge in [-0.05, 0) is 12.8 Å². The zero-order chi connectivity index (χ0) is 12.9. The van der Waals surface area contributed by atoms with Crippen molar-refractivity contribution in [1.82, 2.24) is 9.44 Å². The first kappa shape index (κ1) is 14.2. The van der Waals surface area contributed by atoms with Gasteiger partial charge in [-0.25, -0.2) is 4.72 Å². The van der Waals surface area contributed by atoms with Gasteiger partial charge in [0.25, 0.3) is 10.2 Å². The molecule has 0 aromatic heterocycles. The van der Waals surface area contributed by atoms with Gasteiger partial charge in [-0.3, -0.25) is 0 Å². The summed E-state index contributed by atoms with van der Waals surface area (Å²) in [6, 6.07) is 0. The molecule has 7 nitrogen and oxygen atoms in total. The predicted octanol–water partition coefficient (Wildman–Crippen LogP) is -0.120. The first-order valence-electron chi connectivity index (χ1n) is 5.66. The minimum atomic E-state index is -3.62. The highest BCUT2D eigenvalue weighted by atomic mass is 32.2. The van der Waals surface area contributed by atoms with Gasteiger partial charge in [-0.2, -0.15) is 13.1 Å². The third-order valence-electron chi connectivity index (χ3n) is 3.15. The van der Waals surface area contributed by atoms with Gasteiger partial charge in [-0.1, -0.05) is 30.8 Å². The van der Waals surface area contributed by atoms with E-state index in [2.05, 4.69) is 14.6 Å². The van der Waals surface area contributed by atoms with Crippen LogP contribution in [0.4, 0.5) is 0 Å². The molecule has 0 bridgehead atoms. The van der Waals surface area contributed by atoms with E-state index in [1.807, 2.05) is 0 Å². The molecule has 0 saturated heterocycles. The van der Waals surface area contributed by atoms with Crippen molar-refractivity contribution in [3.05, 3.63) is 0 Å². The second kappa shape index (κ2) is 5.65. The summed E-state index contributed by atoms with van der Waals surface area (Å²) in [5.74, 6) is -0.0711. The number of nitrogens with one attached hydrogen (secondary N) is 2. The molecule has 5 N–H and O–H groups in total. The molecule has 0 spiro atoms. The lowest BCUT2D eigenvalue weighted by atomic mass is 9.90. The van der Waals surface area contributed by atoms with E-state index in [9.17, 15) is 8.42 Å². The normalized spacial score (nSPS) is 22.1. The highest BCUT2D eigenvalue weighted by Gasteiger charge is 2.38. The Hall–Kier alpha value is -0.860. The molecule has 0 heterocycles. The van der Waals surface area contributed by atoms with Crippen LogP contribution in [-0.4, -0.2) is 32.0 Å². The quantitative estimate of drug-likeness (QED) is 0.186. The van der Waals surface area contributed by atoms with Crippen molar-refractivity contribution in [2.45, 2.75) is 44.1 Å². The zero-order valence-electron chi connectivity index (χ0n) is 9.94. The van der Waals surface area contributed by atoms with Crippen LogP contribution in [0.25, 0.3) is 0 Å². The van der Waals surface area contributed by atoms with E-state index in [1.165, 1.54) is 7.05 Å². The van der Waals surface area contributed by atoms with Gasteiger partial charge in [0.15, 0.2) is 5.84 Å². The molecule has 8 heteroatoms.